The molecule has 2 rings (SSSR count). The number of aryl methyl sites for hydroxylation is 1. The number of aromatic amines is 1. The summed E-state index contributed by atoms with van der Waals surface area (Å²) in [5.41, 5.74) is -0.0978. The van der Waals surface area contributed by atoms with Crippen molar-refractivity contribution in [3.63, 3.8) is 0 Å². The first kappa shape index (κ1) is 15.3. The van der Waals surface area contributed by atoms with Gasteiger partial charge in [-0.2, -0.15) is 4.98 Å². The maximum atomic E-state index is 12.0. The molecule has 3 N–H and O–H groups in total. The van der Waals surface area contributed by atoms with Gasteiger partial charge in [0.25, 0.3) is 5.56 Å². The van der Waals surface area contributed by atoms with Gasteiger partial charge in [0, 0.05) is 27.2 Å². The average Bonchev–Trinajstić information content (AvgIpc) is 2.91. The lowest BCUT2D eigenvalue weighted by molar-refractivity contribution is 0.283. The minimum absolute atomic E-state index is 0.230. The third-order valence-corrected chi connectivity index (χ3v) is 3.47. The van der Waals surface area contributed by atoms with Gasteiger partial charge in [0.05, 0.1) is 0 Å². The quantitative estimate of drug-likeness (QED) is 0.620. The second-order valence-electron chi connectivity index (χ2n) is 5.05. The van der Waals surface area contributed by atoms with Crippen molar-refractivity contribution in [3.8, 4) is 0 Å². The van der Waals surface area contributed by atoms with Gasteiger partial charge in [0.1, 0.15) is 0 Å². The molecule has 0 aliphatic carbocycles. The molecule has 0 atom stereocenters. The van der Waals surface area contributed by atoms with Crippen LogP contribution in [0, 0.1) is 0 Å². The molecule has 0 bridgehead atoms. The molecule has 0 saturated heterocycles. The molecule has 0 saturated carbocycles. The largest absolute Gasteiger partial charge is 0.396 e. The number of rotatable bonds is 7. The Kier molecular flexibility index (Phi) is 4.79. The molecule has 0 unspecified atom stereocenters. The molecule has 0 aliphatic rings. The maximum Gasteiger partial charge on any atom is 0.332 e. The Labute approximate surface area is 121 Å². The van der Waals surface area contributed by atoms with Crippen LogP contribution in [0.1, 0.15) is 25.7 Å². The molecule has 116 valence electrons. The smallest absolute Gasteiger partial charge is 0.332 e. The normalized spacial score (nSPS) is 11.2. The van der Waals surface area contributed by atoms with Gasteiger partial charge < -0.3 is 15.4 Å². The Morgan fingerprint density at radius 3 is 2.57 bits per heavy atom. The van der Waals surface area contributed by atoms with Gasteiger partial charge in [-0.1, -0.05) is 12.8 Å². The summed E-state index contributed by atoms with van der Waals surface area (Å²) in [6, 6.07) is 0. The number of hydrogen-bond acceptors (Lipinski definition) is 5. The zero-order valence-electron chi connectivity index (χ0n) is 12.3. The predicted molar refractivity (Wildman–Crippen MR) is 80.6 cm³/mol. The van der Waals surface area contributed by atoms with Gasteiger partial charge in [-0.25, -0.2) is 4.79 Å². The average molecular weight is 295 g/mol. The van der Waals surface area contributed by atoms with Crippen molar-refractivity contribution in [1.82, 2.24) is 19.1 Å². The molecule has 0 aliphatic heterocycles. The highest BCUT2D eigenvalue weighted by atomic mass is 16.3. The van der Waals surface area contributed by atoms with E-state index in [4.69, 9.17) is 5.11 Å². The molecular formula is C13H21N5O3. The van der Waals surface area contributed by atoms with Crippen LogP contribution in [0.4, 0.5) is 5.95 Å². The standard InChI is InChI=1S/C13H21N5O3/c1-17-10-9(11(20)18(2)13(17)21)15-12(16-10)14-7-5-3-4-6-8-19/h19H,3-8H2,1-2H3,(H2,14,15,16). The molecule has 0 aromatic carbocycles. The van der Waals surface area contributed by atoms with E-state index >= 15 is 0 Å². The number of aliphatic hydroxyl groups excluding tert-OH is 1. The van der Waals surface area contributed by atoms with Crippen LogP contribution in [-0.4, -0.2) is 37.4 Å². The van der Waals surface area contributed by atoms with Crippen molar-refractivity contribution < 1.29 is 5.11 Å². The molecule has 2 aromatic heterocycles. The number of anilines is 1. The first-order valence-corrected chi connectivity index (χ1v) is 7.06. The summed E-state index contributed by atoms with van der Waals surface area (Å²) in [7, 11) is 3.03. The molecule has 0 fully saturated rings. The number of aromatic nitrogens is 4. The topological polar surface area (TPSA) is 105 Å². The fraction of sp³-hybridized carbons (Fsp3) is 0.615. The summed E-state index contributed by atoms with van der Waals surface area (Å²) in [6.45, 7) is 0.952. The Bertz CT molecular complexity index is 728. The van der Waals surface area contributed by atoms with Crippen molar-refractivity contribution in [1.29, 1.82) is 0 Å². The lowest BCUT2D eigenvalue weighted by Crippen LogP contribution is -2.36. The third kappa shape index (κ3) is 3.15. The molecule has 0 radical (unpaired) electrons. The van der Waals surface area contributed by atoms with Crippen molar-refractivity contribution in [3.05, 3.63) is 20.8 Å². The van der Waals surface area contributed by atoms with Crippen LogP contribution in [0.5, 0.6) is 0 Å². The molecule has 8 heteroatoms. The molecule has 0 spiro atoms. The summed E-state index contributed by atoms with van der Waals surface area (Å²) in [5, 5.41) is 11.8. The fourth-order valence-electron chi connectivity index (χ4n) is 2.21. The maximum absolute atomic E-state index is 12.0. The molecular weight excluding hydrogens is 274 g/mol. The molecule has 2 aromatic rings. The van der Waals surface area contributed by atoms with Gasteiger partial charge in [-0.3, -0.25) is 13.9 Å². The van der Waals surface area contributed by atoms with Crippen molar-refractivity contribution in [2.75, 3.05) is 18.5 Å². The Hall–Kier alpha value is -2.09. The first-order chi connectivity index (χ1) is 10.1. The molecule has 2 heterocycles. The summed E-state index contributed by atoms with van der Waals surface area (Å²) in [6.07, 6.45) is 3.79. The van der Waals surface area contributed by atoms with Crippen LogP contribution in [0.25, 0.3) is 11.2 Å². The highest BCUT2D eigenvalue weighted by Gasteiger charge is 2.12. The van der Waals surface area contributed by atoms with Crippen LogP contribution >= 0.6 is 0 Å². The summed E-state index contributed by atoms with van der Waals surface area (Å²) in [4.78, 5) is 31.0. The summed E-state index contributed by atoms with van der Waals surface area (Å²) < 4.78 is 2.40. The van der Waals surface area contributed by atoms with Crippen LogP contribution < -0.4 is 16.6 Å². The molecule has 8 nitrogen and oxygen atoms in total. The third-order valence-electron chi connectivity index (χ3n) is 3.47. The predicted octanol–water partition coefficient (Wildman–Crippen LogP) is -0.0751. The number of nitrogens with zero attached hydrogens (tertiary/aromatic N) is 3. The van der Waals surface area contributed by atoms with E-state index in [-0.39, 0.29) is 12.2 Å². The molecule has 0 amide bonds. The van der Waals surface area contributed by atoms with E-state index in [1.54, 1.807) is 7.05 Å². The number of aliphatic hydroxyl groups is 1. The monoisotopic (exact) mass is 295 g/mol. The van der Waals surface area contributed by atoms with Gasteiger partial charge in [-0.15, -0.1) is 0 Å². The van der Waals surface area contributed by atoms with Crippen molar-refractivity contribution in [2.24, 2.45) is 14.1 Å². The van der Waals surface area contributed by atoms with Gasteiger partial charge in [0.15, 0.2) is 11.2 Å². The number of unbranched alkanes of at least 4 members (excludes halogenated alkanes) is 3. The highest BCUT2D eigenvalue weighted by Crippen LogP contribution is 2.08. The minimum Gasteiger partial charge on any atom is -0.396 e. The number of H-pyrrole nitrogens is 1. The number of hydrogen-bond donors (Lipinski definition) is 3. The van der Waals surface area contributed by atoms with E-state index in [1.165, 1.54) is 11.6 Å². The lowest BCUT2D eigenvalue weighted by atomic mass is 10.2. The fourth-order valence-corrected chi connectivity index (χ4v) is 2.21. The number of fused-ring (bicyclic) bond motifs is 1. The van der Waals surface area contributed by atoms with E-state index in [9.17, 15) is 9.59 Å². The number of imidazole rings is 1. The van der Waals surface area contributed by atoms with Gasteiger partial charge >= 0.3 is 5.69 Å². The zero-order chi connectivity index (χ0) is 15.4. The van der Waals surface area contributed by atoms with E-state index in [1.807, 2.05) is 0 Å². The summed E-state index contributed by atoms with van der Waals surface area (Å²) in [5.74, 6) is 0.491. The van der Waals surface area contributed by atoms with E-state index in [0.717, 1.165) is 36.8 Å². The van der Waals surface area contributed by atoms with Crippen LogP contribution in [0.3, 0.4) is 0 Å². The van der Waals surface area contributed by atoms with E-state index < -0.39 is 5.69 Å². The molecule has 21 heavy (non-hydrogen) atoms. The Morgan fingerprint density at radius 2 is 1.86 bits per heavy atom. The van der Waals surface area contributed by atoms with Gasteiger partial charge in [0.2, 0.25) is 5.95 Å². The van der Waals surface area contributed by atoms with Gasteiger partial charge in [-0.05, 0) is 12.8 Å². The minimum atomic E-state index is -0.394. The van der Waals surface area contributed by atoms with Crippen LogP contribution in [-0.2, 0) is 14.1 Å². The Morgan fingerprint density at radius 1 is 1.14 bits per heavy atom. The highest BCUT2D eigenvalue weighted by molar-refractivity contribution is 5.72. The van der Waals surface area contributed by atoms with Crippen molar-refractivity contribution >= 4 is 17.1 Å². The first-order valence-electron chi connectivity index (χ1n) is 7.06. The lowest BCUT2D eigenvalue weighted by Gasteiger charge is -2.01. The van der Waals surface area contributed by atoms with E-state index in [0.29, 0.717) is 17.1 Å². The van der Waals surface area contributed by atoms with Crippen LogP contribution in [0.15, 0.2) is 9.59 Å². The van der Waals surface area contributed by atoms with E-state index in [2.05, 4.69) is 15.3 Å². The zero-order valence-corrected chi connectivity index (χ0v) is 12.3. The van der Waals surface area contributed by atoms with Crippen molar-refractivity contribution in [2.45, 2.75) is 25.7 Å². The second kappa shape index (κ2) is 6.57. The summed E-state index contributed by atoms with van der Waals surface area (Å²) >= 11 is 0. The Balaban J connectivity index is 2.10. The number of nitrogens with one attached hydrogen (secondary N) is 2. The SMILES string of the molecule is Cn1c(=O)c2[nH]c(NCCCCCCO)nc2n(C)c1=O. The van der Waals surface area contributed by atoms with Crippen LogP contribution in [0.2, 0.25) is 0 Å². The second-order valence-corrected chi connectivity index (χ2v) is 5.05.